The average molecular weight is 287 g/mol. The van der Waals surface area contributed by atoms with Crippen LogP contribution in [0.2, 0.25) is 0 Å². The van der Waals surface area contributed by atoms with Gasteiger partial charge in [0.15, 0.2) is 11.6 Å². The highest BCUT2D eigenvalue weighted by atomic mass is 19.2. The molecule has 1 aromatic rings. The largest absolute Gasteiger partial charge is 0.395 e. The van der Waals surface area contributed by atoms with Crippen molar-refractivity contribution in [3.8, 4) is 0 Å². The van der Waals surface area contributed by atoms with Crippen molar-refractivity contribution < 1.29 is 19.0 Å². The molecule has 0 spiro atoms. The number of aliphatic hydroxyl groups is 2. The summed E-state index contributed by atoms with van der Waals surface area (Å²) in [5.74, 6) is -1.93. The number of aliphatic hydroxyl groups excluding tert-OH is 2. The maximum Gasteiger partial charge on any atom is 0.164 e. The Balaban J connectivity index is 2.55. The van der Waals surface area contributed by atoms with Gasteiger partial charge in [-0.05, 0) is 25.5 Å². The van der Waals surface area contributed by atoms with Gasteiger partial charge in [0.25, 0.3) is 0 Å². The monoisotopic (exact) mass is 287 g/mol. The van der Waals surface area contributed by atoms with Crippen LogP contribution >= 0.6 is 0 Å². The van der Waals surface area contributed by atoms with E-state index in [0.717, 1.165) is 25.5 Å². The molecule has 20 heavy (non-hydrogen) atoms. The van der Waals surface area contributed by atoms with E-state index in [1.165, 1.54) is 12.1 Å². The highest BCUT2D eigenvalue weighted by molar-refractivity contribution is 5.21. The summed E-state index contributed by atoms with van der Waals surface area (Å²) >= 11 is 0. The van der Waals surface area contributed by atoms with E-state index in [0.29, 0.717) is 19.5 Å². The lowest BCUT2D eigenvalue weighted by Crippen LogP contribution is -2.30. The van der Waals surface area contributed by atoms with Gasteiger partial charge >= 0.3 is 0 Å². The third-order valence-electron chi connectivity index (χ3n) is 3.30. The SMILES string of the molecule is CCCCN(CCO)CCC(O)c1cccc(F)c1F. The molecule has 2 N–H and O–H groups in total. The second-order valence-electron chi connectivity index (χ2n) is 4.87. The summed E-state index contributed by atoms with van der Waals surface area (Å²) in [5.41, 5.74) is -0.00978. The van der Waals surface area contributed by atoms with Crippen molar-refractivity contribution >= 4 is 0 Å². The molecule has 114 valence electrons. The van der Waals surface area contributed by atoms with Crippen LogP contribution in [-0.4, -0.2) is 41.4 Å². The lowest BCUT2D eigenvalue weighted by atomic mass is 10.1. The van der Waals surface area contributed by atoms with Gasteiger partial charge in [0.05, 0.1) is 12.7 Å². The highest BCUT2D eigenvalue weighted by Crippen LogP contribution is 2.22. The van der Waals surface area contributed by atoms with E-state index < -0.39 is 17.7 Å². The van der Waals surface area contributed by atoms with Gasteiger partial charge < -0.3 is 15.1 Å². The van der Waals surface area contributed by atoms with E-state index in [2.05, 4.69) is 6.92 Å². The van der Waals surface area contributed by atoms with Gasteiger partial charge in [-0.2, -0.15) is 0 Å². The summed E-state index contributed by atoms with van der Waals surface area (Å²) in [6.07, 6.45) is 1.32. The maximum absolute atomic E-state index is 13.5. The number of nitrogens with zero attached hydrogens (tertiary/aromatic N) is 1. The van der Waals surface area contributed by atoms with Gasteiger partial charge in [-0.15, -0.1) is 0 Å². The molecule has 0 aliphatic heterocycles. The zero-order valence-electron chi connectivity index (χ0n) is 11.9. The Morgan fingerprint density at radius 1 is 1.20 bits per heavy atom. The Kier molecular flexibility index (Phi) is 7.65. The summed E-state index contributed by atoms with van der Waals surface area (Å²) in [6, 6.07) is 3.82. The van der Waals surface area contributed by atoms with Crippen LogP contribution in [0.3, 0.4) is 0 Å². The Hall–Kier alpha value is -1.04. The van der Waals surface area contributed by atoms with Crippen molar-refractivity contribution in [2.75, 3.05) is 26.2 Å². The Labute approximate surface area is 118 Å². The third-order valence-corrected chi connectivity index (χ3v) is 3.30. The molecule has 0 saturated heterocycles. The van der Waals surface area contributed by atoms with E-state index >= 15 is 0 Å². The first kappa shape index (κ1) is 17.0. The van der Waals surface area contributed by atoms with E-state index in [1.807, 2.05) is 4.90 Å². The van der Waals surface area contributed by atoms with Crippen LogP contribution in [-0.2, 0) is 0 Å². The van der Waals surface area contributed by atoms with E-state index in [-0.39, 0.29) is 12.2 Å². The zero-order chi connectivity index (χ0) is 15.0. The Morgan fingerprint density at radius 3 is 2.60 bits per heavy atom. The van der Waals surface area contributed by atoms with Crippen LogP contribution in [0.15, 0.2) is 18.2 Å². The molecule has 0 bridgehead atoms. The summed E-state index contributed by atoms with van der Waals surface area (Å²) in [5, 5.41) is 19.0. The van der Waals surface area contributed by atoms with Crippen LogP contribution in [0.25, 0.3) is 0 Å². The zero-order valence-corrected chi connectivity index (χ0v) is 11.9. The molecule has 1 unspecified atom stereocenters. The van der Waals surface area contributed by atoms with Crippen molar-refractivity contribution in [1.29, 1.82) is 0 Å². The first-order valence-electron chi connectivity index (χ1n) is 7.05. The fourth-order valence-corrected chi connectivity index (χ4v) is 2.10. The van der Waals surface area contributed by atoms with Crippen molar-refractivity contribution in [2.45, 2.75) is 32.3 Å². The number of hydrogen-bond donors (Lipinski definition) is 2. The van der Waals surface area contributed by atoms with Gasteiger partial charge in [-0.3, -0.25) is 0 Å². The Bertz CT molecular complexity index is 401. The standard InChI is InChI=1S/C15H23F2NO2/c1-2-3-8-18(10-11-19)9-7-14(20)12-5-4-6-13(16)15(12)17/h4-6,14,19-20H,2-3,7-11H2,1H3. The maximum atomic E-state index is 13.5. The molecule has 0 aliphatic carbocycles. The first-order chi connectivity index (χ1) is 9.60. The molecule has 0 saturated carbocycles. The lowest BCUT2D eigenvalue weighted by Gasteiger charge is -2.22. The summed E-state index contributed by atoms with van der Waals surface area (Å²) in [6.45, 7) is 4.02. The highest BCUT2D eigenvalue weighted by Gasteiger charge is 2.16. The van der Waals surface area contributed by atoms with Gasteiger partial charge in [-0.25, -0.2) is 8.78 Å². The molecule has 1 aromatic carbocycles. The quantitative estimate of drug-likeness (QED) is 0.733. The number of rotatable bonds is 9. The van der Waals surface area contributed by atoms with Crippen molar-refractivity contribution in [3.05, 3.63) is 35.4 Å². The van der Waals surface area contributed by atoms with Gasteiger partial charge in [0.1, 0.15) is 0 Å². The molecule has 0 radical (unpaired) electrons. The minimum atomic E-state index is -1.03. The van der Waals surface area contributed by atoms with Crippen molar-refractivity contribution in [1.82, 2.24) is 4.90 Å². The molecule has 0 amide bonds. The van der Waals surface area contributed by atoms with Crippen LogP contribution in [0.1, 0.15) is 37.9 Å². The van der Waals surface area contributed by atoms with Crippen molar-refractivity contribution in [3.63, 3.8) is 0 Å². The third kappa shape index (κ3) is 5.15. The molecule has 5 heteroatoms. The molecular formula is C15H23F2NO2. The molecule has 3 nitrogen and oxygen atoms in total. The normalized spacial score (nSPS) is 12.9. The molecule has 0 heterocycles. The number of hydrogen-bond acceptors (Lipinski definition) is 3. The fourth-order valence-electron chi connectivity index (χ4n) is 2.10. The van der Waals surface area contributed by atoms with Gasteiger partial charge in [0, 0.05) is 18.7 Å². The second-order valence-corrected chi connectivity index (χ2v) is 4.87. The molecule has 0 aliphatic rings. The van der Waals surface area contributed by atoms with Crippen molar-refractivity contribution in [2.24, 2.45) is 0 Å². The summed E-state index contributed by atoms with van der Waals surface area (Å²) < 4.78 is 26.6. The van der Waals surface area contributed by atoms with Gasteiger partial charge in [-0.1, -0.05) is 25.5 Å². The number of unbranched alkanes of at least 4 members (excludes halogenated alkanes) is 1. The predicted octanol–water partition coefficient (Wildman–Crippen LogP) is 2.48. The minimum Gasteiger partial charge on any atom is -0.395 e. The predicted molar refractivity (Wildman–Crippen MR) is 74.4 cm³/mol. The lowest BCUT2D eigenvalue weighted by molar-refractivity contribution is 0.127. The molecule has 0 fully saturated rings. The van der Waals surface area contributed by atoms with E-state index in [1.54, 1.807) is 0 Å². The van der Waals surface area contributed by atoms with Crippen LogP contribution in [0.4, 0.5) is 8.78 Å². The fraction of sp³-hybridized carbons (Fsp3) is 0.600. The molecule has 1 atom stereocenters. The molecule has 0 aromatic heterocycles. The summed E-state index contributed by atoms with van der Waals surface area (Å²) in [7, 11) is 0. The molecule has 1 rings (SSSR count). The topological polar surface area (TPSA) is 43.7 Å². The first-order valence-corrected chi connectivity index (χ1v) is 7.05. The summed E-state index contributed by atoms with van der Waals surface area (Å²) in [4.78, 5) is 2.02. The van der Waals surface area contributed by atoms with Crippen LogP contribution < -0.4 is 0 Å². The Morgan fingerprint density at radius 2 is 1.95 bits per heavy atom. The smallest absolute Gasteiger partial charge is 0.164 e. The number of halogens is 2. The van der Waals surface area contributed by atoms with Gasteiger partial charge in [0.2, 0.25) is 0 Å². The number of benzene rings is 1. The average Bonchev–Trinajstić information content (AvgIpc) is 2.44. The van der Waals surface area contributed by atoms with E-state index in [4.69, 9.17) is 5.11 Å². The van der Waals surface area contributed by atoms with Crippen LogP contribution in [0.5, 0.6) is 0 Å². The van der Waals surface area contributed by atoms with Crippen LogP contribution in [0, 0.1) is 11.6 Å². The minimum absolute atomic E-state index is 0.00978. The molecular weight excluding hydrogens is 264 g/mol. The second kappa shape index (κ2) is 9.00. The van der Waals surface area contributed by atoms with E-state index in [9.17, 15) is 13.9 Å².